The molecule has 0 radical (unpaired) electrons. The van der Waals surface area contributed by atoms with Gasteiger partial charge in [-0.15, -0.1) is 0 Å². The Hall–Kier alpha value is -2.50. The summed E-state index contributed by atoms with van der Waals surface area (Å²) in [5.41, 5.74) is 2.46. The number of amides is 2. The molecule has 0 bridgehead atoms. The molecule has 1 aromatic carbocycles. The normalized spacial score (nSPS) is 10.4. The summed E-state index contributed by atoms with van der Waals surface area (Å²) in [4.78, 5) is 13.9. The Bertz CT molecular complexity index is 667. The van der Waals surface area contributed by atoms with Crippen molar-refractivity contribution < 1.29 is 14.1 Å². The van der Waals surface area contributed by atoms with Crippen LogP contribution >= 0.6 is 0 Å². The molecule has 2 rings (SSSR count). The molecule has 2 amide bonds. The van der Waals surface area contributed by atoms with Crippen LogP contribution in [0, 0.1) is 13.8 Å². The first kappa shape index (κ1) is 16.9. The molecule has 124 valence electrons. The van der Waals surface area contributed by atoms with Gasteiger partial charge < -0.3 is 19.5 Å². The van der Waals surface area contributed by atoms with Crippen molar-refractivity contribution in [3.8, 4) is 5.75 Å². The van der Waals surface area contributed by atoms with E-state index >= 15 is 0 Å². The molecule has 0 aliphatic carbocycles. The molecular weight excluding hydrogens is 294 g/mol. The number of aromatic nitrogens is 1. The lowest BCUT2D eigenvalue weighted by atomic mass is 10.2. The van der Waals surface area contributed by atoms with E-state index in [4.69, 9.17) is 9.26 Å². The number of carbonyl (C=O) groups is 1. The number of urea groups is 1. The Morgan fingerprint density at radius 2 is 2.13 bits per heavy atom. The topological polar surface area (TPSA) is 67.6 Å². The second-order valence-electron chi connectivity index (χ2n) is 5.56. The third-order valence-corrected chi connectivity index (χ3v) is 3.26. The van der Waals surface area contributed by atoms with Gasteiger partial charge in [0, 0.05) is 13.1 Å². The van der Waals surface area contributed by atoms with Gasteiger partial charge in [-0.1, -0.05) is 18.1 Å². The number of ether oxygens (including phenoxy) is 1. The first-order valence-corrected chi connectivity index (χ1v) is 7.67. The van der Waals surface area contributed by atoms with Crippen molar-refractivity contribution in [2.24, 2.45) is 0 Å². The van der Waals surface area contributed by atoms with Gasteiger partial charge in [0.25, 0.3) is 0 Å². The number of anilines is 1. The highest BCUT2D eigenvalue weighted by Gasteiger charge is 2.14. The highest BCUT2D eigenvalue weighted by molar-refractivity contribution is 5.90. The summed E-state index contributed by atoms with van der Waals surface area (Å²) in [6.07, 6.45) is 0.909. The van der Waals surface area contributed by atoms with Crippen molar-refractivity contribution >= 4 is 11.7 Å². The lowest BCUT2D eigenvalue weighted by molar-refractivity contribution is 0.219. The molecule has 23 heavy (non-hydrogen) atoms. The fourth-order valence-electron chi connectivity index (χ4n) is 2.08. The number of nitrogens with zero attached hydrogens (tertiary/aromatic N) is 2. The summed E-state index contributed by atoms with van der Waals surface area (Å²) in [6, 6.07) is 7.30. The highest BCUT2D eigenvalue weighted by atomic mass is 16.5. The van der Waals surface area contributed by atoms with Crippen LogP contribution < -0.4 is 10.1 Å². The first-order chi connectivity index (χ1) is 11.0. The zero-order valence-corrected chi connectivity index (χ0v) is 14.0. The fourth-order valence-corrected chi connectivity index (χ4v) is 2.08. The summed E-state index contributed by atoms with van der Waals surface area (Å²) >= 11 is 0. The van der Waals surface area contributed by atoms with Crippen LogP contribution in [0.1, 0.15) is 30.4 Å². The molecule has 0 aliphatic rings. The monoisotopic (exact) mass is 317 g/mol. The van der Waals surface area contributed by atoms with Crippen LogP contribution in [0.5, 0.6) is 5.75 Å². The van der Waals surface area contributed by atoms with E-state index in [1.54, 1.807) is 11.9 Å². The summed E-state index contributed by atoms with van der Waals surface area (Å²) in [5.74, 6) is 1.41. The number of hydrogen-bond acceptors (Lipinski definition) is 4. The quantitative estimate of drug-likeness (QED) is 0.881. The molecular formula is C17H23N3O3. The third-order valence-electron chi connectivity index (χ3n) is 3.26. The Kier molecular flexibility index (Phi) is 5.62. The van der Waals surface area contributed by atoms with Crippen molar-refractivity contribution in [3.63, 3.8) is 0 Å². The van der Waals surface area contributed by atoms with E-state index in [-0.39, 0.29) is 6.03 Å². The van der Waals surface area contributed by atoms with Crippen molar-refractivity contribution in [2.45, 2.75) is 33.7 Å². The SMILES string of the molecule is CCCOc1cc(C)ccc1NC(=O)N(C)Cc1cc(C)on1. The van der Waals surface area contributed by atoms with E-state index in [0.717, 1.165) is 17.7 Å². The molecule has 1 N–H and O–H groups in total. The Labute approximate surface area is 136 Å². The van der Waals surface area contributed by atoms with E-state index < -0.39 is 0 Å². The zero-order chi connectivity index (χ0) is 16.8. The predicted octanol–water partition coefficient (Wildman–Crippen LogP) is 3.74. The smallest absolute Gasteiger partial charge is 0.322 e. The molecule has 6 heteroatoms. The minimum atomic E-state index is -0.226. The average Bonchev–Trinajstić information content (AvgIpc) is 2.92. The molecule has 0 saturated heterocycles. The Balaban J connectivity index is 2.03. The van der Waals surface area contributed by atoms with Crippen LogP contribution in [0.25, 0.3) is 0 Å². The van der Waals surface area contributed by atoms with Gasteiger partial charge in [-0.05, 0) is 38.0 Å². The van der Waals surface area contributed by atoms with Gasteiger partial charge in [0.1, 0.15) is 17.2 Å². The van der Waals surface area contributed by atoms with Gasteiger partial charge in [-0.2, -0.15) is 0 Å². The number of hydrogen-bond donors (Lipinski definition) is 1. The molecule has 1 aromatic heterocycles. The van der Waals surface area contributed by atoms with Crippen molar-refractivity contribution in [1.82, 2.24) is 10.1 Å². The standard InChI is InChI=1S/C17H23N3O3/c1-5-8-22-16-9-12(2)6-7-15(16)18-17(21)20(4)11-14-10-13(3)23-19-14/h6-7,9-10H,5,8,11H2,1-4H3,(H,18,21). The molecule has 0 spiro atoms. The molecule has 0 saturated carbocycles. The molecule has 0 aliphatic heterocycles. The number of carbonyl (C=O) groups excluding carboxylic acids is 1. The maximum Gasteiger partial charge on any atom is 0.322 e. The molecule has 0 fully saturated rings. The van der Waals surface area contributed by atoms with Gasteiger partial charge in [-0.25, -0.2) is 4.79 Å². The number of rotatable bonds is 6. The van der Waals surface area contributed by atoms with Crippen LogP contribution in [0.2, 0.25) is 0 Å². The van der Waals surface area contributed by atoms with Crippen molar-refractivity contribution in [1.29, 1.82) is 0 Å². The minimum Gasteiger partial charge on any atom is -0.491 e. The second-order valence-corrected chi connectivity index (χ2v) is 5.56. The van der Waals surface area contributed by atoms with Gasteiger partial charge >= 0.3 is 6.03 Å². The van der Waals surface area contributed by atoms with Gasteiger partial charge in [0.05, 0.1) is 18.8 Å². The van der Waals surface area contributed by atoms with E-state index in [2.05, 4.69) is 10.5 Å². The fraction of sp³-hybridized carbons (Fsp3) is 0.412. The predicted molar refractivity (Wildman–Crippen MR) is 88.7 cm³/mol. The highest BCUT2D eigenvalue weighted by Crippen LogP contribution is 2.26. The molecule has 2 aromatic rings. The Morgan fingerprint density at radius 1 is 1.35 bits per heavy atom. The van der Waals surface area contributed by atoms with E-state index in [0.29, 0.717) is 30.3 Å². The summed E-state index contributed by atoms with van der Waals surface area (Å²) in [5, 5.41) is 6.77. The Morgan fingerprint density at radius 3 is 2.78 bits per heavy atom. The lowest BCUT2D eigenvalue weighted by Crippen LogP contribution is -2.31. The average molecular weight is 317 g/mol. The lowest BCUT2D eigenvalue weighted by Gasteiger charge is -2.18. The second kappa shape index (κ2) is 7.67. The summed E-state index contributed by atoms with van der Waals surface area (Å²) in [7, 11) is 1.71. The number of aryl methyl sites for hydroxylation is 2. The van der Waals surface area contributed by atoms with Gasteiger partial charge in [0.15, 0.2) is 0 Å². The molecule has 0 atom stereocenters. The maximum atomic E-state index is 12.3. The van der Waals surface area contributed by atoms with E-state index in [9.17, 15) is 4.79 Å². The summed E-state index contributed by atoms with van der Waals surface area (Å²) in [6.45, 7) is 6.84. The van der Waals surface area contributed by atoms with Crippen molar-refractivity contribution in [2.75, 3.05) is 19.0 Å². The van der Waals surface area contributed by atoms with Gasteiger partial charge in [0.2, 0.25) is 0 Å². The van der Waals surface area contributed by atoms with Crippen LogP contribution in [0.15, 0.2) is 28.8 Å². The largest absolute Gasteiger partial charge is 0.491 e. The van der Waals surface area contributed by atoms with Crippen LogP contribution in [-0.2, 0) is 6.54 Å². The van der Waals surface area contributed by atoms with Crippen LogP contribution in [0.4, 0.5) is 10.5 Å². The molecule has 6 nitrogen and oxygen atoms in total. The summed E-state index contributed by atoms with van der Waals surface area (Å²) < 4.78 is 10.7. The minimum absolute atomic E-state index is 0.226. The zero-order valence-electron chi connectivity index (χ0n) is 14.0. The van der Waals surface area contributed by atoms with E-state index in [1.807, 2.05) is 45.0 Å². The van der Waals surface area contributed by atoms with Crippen LogP contribution in [0.3, 0.4) is 0 Å². The number of benzene rings is 1. The van der Waals surface area contributed by atoms with Crippen molar-refractivity contribution in [3.05, 3.63) is 41.3 Å². The molecule has 0 unspecified atom stereocenters. The molecule has 1 heterocycles. The van der Waals surface area contributed by atoms with E-state index in [1.165, 1.54) is 0 Å². The van der Waals surface area contributed by atoms with Gasteiger partial charge in [-0.3, -0.25) is 0 Å². The third kappa shape index (κ3) is 4.74. The van der Waals surface area contributed by atoms with Crippen LogP contribution in [-0.4, -0.2) is 29.7 Å². The number of nitrogens with one attached hydrogen (secondary N) is 1. The maximum absolute atomic E-state index is 12.3. The first-order valence-electron chi connectivity index (χ1n) is 7.67.